The van der Waals surface area contributed by atoms with Gasteiger partial charge in [0.15, 0.2) is 0 Å². The van der Waals surface area contributed by atoms with Crippen LogP contribution in [0, 0.1) is 22.7 Å². The smallest absolute Gasteiger partial charge is 0.433 e. The van der Waals surface area contributed by atoms with Crippen molar-refractivity contribution in [1.29, 1.82) is 10.5 Å². The lowest BCUT2D eigenvalue weighted by Gasteiger charge is -2.27. The van der Waals surface area contributed by atoms with Crippen LogP contribution in [0.25, 0.3) is 0 Å². The van der Waals surface area contributed by atoms with Crippen molar-refractivity contribution in [1.82, 2.24) is 0 Å². The van der Waals surface area contributed by atoms with Crippen molar-refractivity contribution in [2.24, 2.45) is 0 Å². The lowest BCUT2D eigenvalue weighted by atomic mass is 10.1. The largest absolute Gasteiger partial charge is 0.491 e. The van der Waals surface area contributed by atoms with Crippen molar-refractivity contribution >= 4 is 5.69 Å². The Bertz CT molecular complexity index is 1040. The molecule has 1 heterocycles. The minimum atomic E-state index is -4.91. The second-order valence-corrected chi connectivity index (χ2v) is 6.59. The van der Waals surface area contributed by atoms with E-state index in [1.54, 1.807) is 0 Å². The van der Waals surface area contributed by atoms with Gasteiger partial charge in [-0.3, -0.25) is 0 Å². The van der Waals surface area contributed by atoms with Gasteiger partial charge in [-0.15, -0.1) is 0 Å². The van der Waals surface area contributed by atoms with Crippen LogP contribution >= 0.6 is 0 Å². The van der Waals surface area contributed by atoms with Crippen LogP contribution in [0.3, 0.4) is 0 Å². The summed E-state index contributed by atoms with van der Waals surface area (Å²) in [6.45, 7) is -0.717. The van der Waals surface area contributed by atoms with Crippen LogP contribution in [0.15, 0.2) is 42.5 Å². The van der Waals surface area contributed by atoms with Gasteiger partial charge in [-0.25, -0.2) is 0 Å². The Balaban J connectivity index is 1.84. The molecule has 162 valence electrons. The summed E-state index contributed by atoms with van der Waals surface area (Å²) in [7, 11) is 0. The zero-order valence-corrected chi connectivity index (χ0v) is 15.5. The third-order valence-electron chi connectivity index (χ3n) is 4.44. The minimum Gasteiger partial charge on any atom is -0.491 e. The van der Waals surface area contributed by atoms with E-state index in [-0.39, 0.29) is 23.6 Å². The van der Waals surface area contributed by atoms with E-state index in [0.29, 0.717) is 11.0 Å². The average molecular weight is 441 g/mol. The van der Waals surface area contributed by atoms with Crippen molar-refractivity contribution in [3.63, 3.8) is 0 Å². The highest BCUT2D eigenvalue weighted by Gasteiger charge is 2.51. The zero-order valence-electron chi connectivity index (χ0n) is 15.5. The molecule has 2 atom stereocenters. The maximum Gasteiger partial charge on any atom is 0.433 e. The fraction of sp³-hybridized carbons (Fsp3) is 0.300. The molecule has 5 nitrogen and oxygen atoms in total. The second-order valence-electron chi connectivity index (χ2n) is 6.59. The van der Waals surface area contributed by atoms with Crippen molar-refractivity contribution in [2.75, 3.05) is 18.1 Å². The van der Waals surface area contributed by atoms with Crippen LogP contribution in [0.4, 0.5) is 32.0 Å². The summed E-state index contributed by atoms with van der Waals surface area (Å²) >= 11 is 0. The predicted molar refractivity (Wildman–Crippen MR) is 94.9 cm³/mol. The predicted octanol–water partition coefficient (Wildman–Crippen LogP) is 4.62. The van der Waals surface area contributed by atoms with E-state index in [0.717, 1.165) is 12.1 Å². The number of rotatable bonds is 4. The molecule has 0 radical (unpaired) electrons. The van der Waals surface area contributed by atoms with Gasteiger partial charge in [0.05, 0.1) is 35.4 Å². The molecular formula is C20H13F6N3O2. The topological polar surface area (TPSA) is 69.3 Å². The summed E-state index contributed by atoms with van der Waals surface area (Å²) in [5, 5.41) is 17.8. The summed E-state index contributed by atoms with van der Waals surface area (Å²) in [4.78, 5) is 0.649. The second kappa shape index (κ2) is 8.36. The molecule has 0 aliphatic carbocycles. The summed E-state index contributed by atoms with van der Waals surface area (Å²) in [6.07, 6.45) is -13.4. The fourth-order valence-electron chi connectivity index (χ4n) is 3.09. The number of anilines is 1. The number of nitrogens with zero attached hydrogens (tertiary/aromatic N) is 3. The van der Waals surface area contributed by atoms with E-state index in [1.165, 1.54) is 30.3 Å². The average Bonchev–Trinajstić information content (AvgIpc) is 3.16. The van der Waals surface area contributed by atoms with Gasteiger partial charge < -0.3 is 14.4 Å². The molecule has 0 N–H and O–H groups in total. The van der Waals surface area contributed by atoms with Gasteiger partial charge in [-0.2, -0.15) is 36.9 Å². The highest BCUT2D eigenvalue weighted by molar-refractivity contribution is 5.56. The Morgan fingerprint density at radius 1 is 1.03 bits per heavy atom. The molecule has 11 heteroatoms. The molecule has 0 bridgehead atoms. The van der Waals surface area contributed by atoms with E-state index < -0.39 is 42.4 Å². The number of halogens is 6. The lowest BCUT2D eigenvalue weighted by molar-refractivity contribution is -0.215. The van der Waals surface area contributed by atoms with Crippen LogP contribution in [0.1, 0.15) is 16.7 Å². The molecule has 3 rings (SSSR count). The standard InChI is InChI=1S/C20H13F6N3O2/c21-19(22,23)17-7-14(5-4-13(17)9-28)29-10-16(31-18(29)20(24,25)26)11-30-15-3-1-2-12(6-15)8-27/h1-7,16,18H,10-11H2/t16-,18+/m0/s1. The molecule has 2 aromatic carbocycles. The van der Waals surface area contributed by atoms with E-state index in [2.05, 4.69) is 0 Å². The molecule has 0 saturated carbocycles. The Labute approximate surface area is 172 Å². The molecule has 0 aromatic heterocycles. The third-order valence-corrected chi connectivity index (χ3v) is 4.44. The summed E-state index contributed by atoms with van der Waals surface area (Å²) in [5.41, 5.74) is -2.13. The van der Waals surface area contributed by atoms with Gasteiger partial charge in [0.25, 0.3) is 0 Å². The number of nitriles is 2. The van der Waals surface area contributed by atoms with Crippen molar-refractivity contribution in [3.05, 3.63) is 59.2 Å². The van der Waals surface area contributed by atoms with Crippen molar-refractivity contribution in [3.8, 4) is 17.9 Å². The number of ether oxygens (including phenoxy) is 2. The monoisotopic (exact) mass is 441 g/mol. The molecule has 31 heavy (non-hydrogen) atoms. The number of hydrogen-bond donors (Lipinski definition) is 0. The first-order valence-electron chi connectivity index (χ1n) is 8.76. The third kappa shape index (κ3) is 5.01. The van der Waals surface area contributed by atoms with Crippen molar-refractivity contribution < 1.29 is 35.8 Å². The van der Waals surface area contributed by atoms with Crippen LogP contribution in [-0.4, -0.2) is 31.7 Å². The van der Waals surface area contributed by atoms with Gasteiger partial charge >= 0.3 is 12.4 Å². The number of benzene rings is 2. The van der Waals surface area contributed by atoms with Crippen LogP contribution < -0.4 is 9.64 Å². The van der Waals surface area contributed by atoms with Gasteiger partial charge in [0, 0.05) is 5.69 Å². The van der Waals surface area contributed by atoms with E-state index in [1.807, 2.05) is 6.07 Å². The van der Waals surface area contributed by atoms with Gasteiger partial charge in [-0.1, -0.05) is 6.07 Å². The Hall–Kier alpha value is -3.44. The van der Waals surface area contributed by atoms with E-state index in [9.17, 15) is 26.3 Å². The molecule has 0 amide bonds. The molecule has 1 aliphatic rings. The van der Waals surface area contributed by atoms with Gasteiger partial charge in [0.1, 0.15) is 18.5 Å². The summed E-state index contributed by atoms with van der Waals surface area (Å²) in [6, 6.07) is 11.6. The Kier molecular flexibility index (Phi) is 6.00. The number of hydrogen-bond acceptors (Lipinski definition) is 5. The summed E-state index contributed by atoms with van der Waals surface area (Å²) in [5.74, 6) is 0.238. The Morgan fingerprint density at radius 2 is 1.77 bits per heavy atom. The minimum absolute atomic E-state index is 0.238. The SMILES string of the molecule is N#Cc1cccc(OC[C@@H]2CN(c3ccc(C#N)c(C(F)(F)F)c3)[C@@H](C(F)(F)F)O2)c1. The normalized spacial score (nSPS) is 19.0. The Morgan fingerprint density at radius 3 is 2.39 bits per heavy atom. The maximum absolute atomic E-state index is 13.5. The van der Waals surface area contributed by atoms with Gasteiger partial charge in [0.2, 0.25) is 6.23 Å². The molecule has 2 aromatic rings. The highest BCUT2D eigenvalue weighted by Crippen LogP contribution is 2.39. The first-order chi connectivity index (χ1) is 14.5. The molecular weight excluding hydrogens is 428 g/mol. The molecule has 1 fully saturated rings. The first-order valence-corrected chi connectivity index (χ1v) is 8.76. The van der Waals surface area contributed by atoms with Crippen LogP contribution in [0.2, 0.25) is 0 Å². The van der Waals surface area contributed by atoms with E-state index >= 15 is 0 Å². The molecule has 1 saturated heterocycles. The van der Waals surface area contributed by atoms with Crippen LogP contribution in [0.5, 0.6) is 5.75 Å². The molecule has 0 unspecified atom stereocenters. The zero-order chi connectivity index (χ0) is 22.8. The maximum atomic E-state index is 13.5. The van der Waals surface area contributed by atoms with Gasteiger partial charge in [-0.05, 0) is 36.4 Å². The van der Waals surface area contributed by atoms with E-state index in [4.69, 9.17) is 20.0 Å². The fourth-order valence-corrected chi connectivity index (χ4v) is 3.09. The highest BCUT2D eigenvalue weighted by atomic mass is 19.4. The molecule has 0 spiro atoms. The first kappa shape index (κ1) is 22.2. The molecule has 1 aliphatic heterocycles. The van der Waals surface area contributed by atoms with Crippen molar-refractivity contribution in [2.45, 2.75) is 24.7 Å². The van der Waals surface area contributed by atoms with Crippen LogP contribution in [-0.2, 0) is 10.9 Å². The number of alkyl halides is 6. The lowest BCUT2D eigenvalue weighted by Crippen LogP contribution is -2.42. The summed E-state index contributed by atoms with van der Waals surface area (Å²) < 4.78 is 90.5. The quantitative estimate of drug-likeness (QED) is 0.648.